The van der Waals surface area contributed by atoms with Crippen molar-refractivity contribution in [3.05, 3.63) is 28.7 Å². The number of aliphatic imine (C=N–C) groups is 2. The van der Waals surface area contributed by atoms with E-state index in [0.717, 1.165) is 23.0 Å². The van der Waals surface area contributed by atoms with Crippen molar-refractivity contribution in [2.75, 3.05) is 4.90 Å². The summed E-state index contributed by atoms with van der Waals surface area (Å²) in [6.45, 7) is 0. The second-order valence-corrected chi connectivity index (χ2v) is 6.02. The van der Waals surface area contributed by atoms with Crippen LogP contribution in [0.5, 0.6) is 0 Å². The second kappa shape index (κ2) is 4.96. The molecule has 3 rings (SSSR count). The Kier molecular flexibility index (Phi) is 3.31. The molecule has 0 unspecified atom stereocenters. The fourth-order valence-electron chi connectivity index (χ4n) is 2.90. The van der Waals surface area contributed by atoms with Gasteiger partial charge in [-0.15, -0.1) is 0 Å². The van der Waals surface area contributed by atoms with Gasteiger partial charge in [0.25, 0.3) is 0 Å². The monoisotopic (exact) mass is 320 g/mol. The number of halogens is 1. The minimum atomic E-state index is -0.224. The highest BCUT2D eigenvalue weighted by atomic mass is 79.9. The van der Waals surface area contributed by atoms with Gasteiger partial charge in [-0.05, 0) is 49.9 Å². The minimum Gasteiger partial charge on any atom is -0.368 e. The average molecular weight is 321 g/mol. The molecule has 0 saturated heterocycles. The number of nitrogens with two attached hydrogens (primary N) is 1. The van der Waals surface area contributed by atoms with E-state index in [0.29, 0.717) is 5.96 Å². The van der Waals surface area contributed by atoms with Gasteiger partial charge >= 0.3 is 0 Å². The van der Waals surface area contributed by atoms with E-state index < -0.39 is 0 Å². The SMILES string of the molecule is NC1=NC2(CCCCC2)N(c2ccc(Br)cc2)C=N1. The largest absolute Gasteiger partial charge is 0.368 e. The van der Waals surface area contributed by atoms with Gasteiger partial charge in [0, 0.05) is 10.2 Å². The summed E-state index contributed by atoms with van der Waals surface area (Å²) in [5.74, 6) is 0.398. The predicted molar refractivity (Wildman–Crippen MR) is 82.6 cm³/mol. The lowest BCUT2D eigenvalue weighted by Crippen LogP contribution is -2.51. The molecule has 1 aromatic carbocycles. The Bertz CT molecular complexity index is 515. The molecule has 0 aromatic heterocycles. The summed E-state index contributed by atoms with van der Waals surface area (Å²) in [6.07, 6.45) is 7.57. The quantitative estimate of drug-likeness (QED) is 0.863. The molecule has 1 aliphatic heterocycles. The molecule has 2 aliphatic rings. The molecule has 4 nitrogen and oxygen atoms in total. The lowest BCUT2D eigenvalue weighted by molar-refractivity contribution is 0.308. The van der Waals surface area contributed by atoms with Crippen LogP contribution in [-0.2, 0) is 0 Å². The van der Waals surface area contributed by atoms with Gasteiger partial charge in [0.2, 0.25) is 5.96 Å². The molecule has 0 bridgehead atoms. The van der Waals surface area contributed by atoms with Crippen LogP contribution in [-0.4, -0.2) is 18.0 Å². The minimum absolute atomic E-state index is 0.224. The van der Waals surface area contributed by atoms with Gasteiger partial charge in [0.05, 0.1) is 0 Å². The molecule has 0 amide bonds. The Morgan fingerprint density at radius 1 is 1.11 bits per heavy atom. The maximum Gasteiger partial charge on any atom is 0.219 e. The van der Waals surface area contributed by atoms with Crippen molar-refractivity contribution in [3.8, 4) is 0 Å². The van der Waals surface area contributed by atoms with Crippen LogP contribution in [0.4, 0.5) is 5.69 Å². The number of guanidine groups is 1. The summed E-state index contributed by atoms with van der Waals surface area (Å²) in [4.78, 5) is 11.0. The summed E-state index contributed by atoms with van der Waals surface area (Å²) in [5, 5.41) is 0. The van der Waals surface area contributed by atoms with Crippen molar-refractivity contribution in [1.82, 2.24) is 0 Å². The lowest BCUT2D eigenvalue weighted by Gasteiger charge is -2.44. The standard InChI is InChI=1S/C14H17BrN4/c15-11-4-6-12(7-5-11)19-10-17-13(16)18-14(19)8-2-1-3-9-14/h4-7,10H,1-3,8-9H2,(H2,16,18). The van der Waals surface area contributed by atoms with Gasteiger partial charge < -0.3 is 10.6 Å². The fourth-order valence-corrected chi connectivity index (χ4v) is 3.16. The van der Waals surface area contributed by atoms with Gasteiger partial charge in [-0.1, -0.05) is 22.4 Å². The summed E-state index contributed by atoms with van der Waals surface area (Å²) < 4.78 is 1.07. The van der Waals surface area contributed by atoms with E-state index >= 15 is 0 Å². The molecule has 1 spiro atoms. The van der Waals surface area contributed by atoms with Crippen LogP contribution in [0, 0.1) is 0 Å². The summed E-state index contributed by atoms with van der Waals surface area (Å²) in [7, 11) is 0. The first-order valence-electron chi connectivity index (χ1n) is 6.64. The maximum absolute atomic E-state index is 5.82. The summed E-state index contributed by atoms with van der Waals surface area (Å²) in [5.41, 5.74) is 6.71. The van der Waals surface area contributed by atoms with Crippen molar-refractivity contribution < 1.29 is 0 Å². The summed E-state index contributed by atoms with van der Waals surface area (Å²) in [6, 6.07) is 8.26. The zero-order valence-electron chi connectivity index (χ0n) is 10.7. The Morgan fingerprint density at radius 2 is 1.79 bits per heavy atom. The molecular weight excluding hydrogens is 304 g/mol. The van der Waals surface area contributed by atoms with E-state index in [4.69, 9.17) is 5.73 Å². The molecule has 2 N–H and O–H groups in total. The van der Waals surface area contributed by atoms with Gasteiger partial charge in [0.15, 0.2) is 0 Å². The van der Waals surface area contributed by atoms with Crippen LogP contribution >= 0.6 is 15.9 Å². The van der Waals surface area contributed by atoms with Crippen LogP contribution in [0.3, 0.4) is 0 Å². The van der Waals surface area contributed by atoms with Gasteiger partial charge in [-0.3, -0.25) is 0 Å². The van der Waals surface area contributed by atoms with Crippen LogP contribution in [0.25, 0.3) is 0 Å². The fraction of sp³-hybridized carbons (Fsp3) is 0.429. The van der Waals surface area contributed by atoms with E-state index in [2.05, 4.69) is 42.9 Å². The Hall–Kier alpha value is -1.36. The third kappa shape index (κ3) is 2.39. The Labute approximate surface area is 121 Å². The first-order valence-corrected chi connectivity index (χ1v) is 7.43. The lowest BCUT2D eigenvalue weighted by atomic mass is 9.87. The molecule has 1 saturated carbocycles. The van der Waals surface area contributed by atoms with E-state index in [9.17, 15) is 0 Å². The van der Waals surface area contributed by atoms with Crippen LogP contribution < -0.4 is 10.6 Å². The summed E-state index contributed by atoms with van der Waals surface area (Å²) >= 11 is 3.47. The molecule has 0 atom stereocenters. The van der Waals surface area contributed by atoms with Crippen molar-refractivity contribution in [2.45, 2.75) is 37.8 Å². The first kappa shape index (κ1) is 12.7. The molecule has 5 heteroatoms. The van der Waals surface area contributed by atoms with Gasteiger partial charge in [-0.2, -0.15) is 0 Å². The van der Waals surface area contributed by atoms with Crippen molar-refractivity contribution >= 4 is 33.9 Å². The highest BCUT2D eigenvalue weighted by Crippen LogP contribution is 2.38. The van der Waals surface area contributed by atoms with Gasteiger partial charge in [-0.25, -0.2) is 9.98 Å². The third-order valence-electron chi connectivity index (χ3n) is 3.84. The molecule has 1 heterocycles. The number of hydrogen-bond donors (Lipinski definition) is 1. The average Bonchev–Trinajstić information content (AvgIpc) is 2.41. The highest BCUT2D eigenvalue weighted by Gasteiger charge is 2.39. The number of hydrogen-bond acceptors (Lipinski definition) is 4. The molecule has 0 radical (unpaired) electrons. The Morgan fingerprint density at radius 3 is 2.47 bits per heavy atom. The zero-order chi connectivity index (χ0) is 13.3. The number of benzene rings is 1. The van der Waals surface area contributed by atoms with Crippen LogP contribution in [0.15, 0.2) is 38.7 Å². The molecule has 100 valence electrons. The number of anilines is 1. The molecule has 1 aliphatic carbocycles. The normalized spacial score (nSPS) is 21.5. The van der Waals surface area contributed by atoms with Crippen LogP contribution in [0.1, 0.15) is 32.1 Å². The van der Waals surface area contributed by atoms with E-state index in [1.54, 1.807) is 0 Å². The third-order valence-corrected chi connectivity index (χ3v) is 4.36. The van der Waals surface area contributed by atoms with Crippen molar-refractivity contribution in [2.24, 2.45) is 15.7 Å². The molecular formula is C14H17BrN4. The molecule has 1 fully saturated rings. The van der Waals surface area contributed by atoms with Gasteiger partial charge in [0.1, 0.15) is 12.0 Å². The first-order chi connectivity index (χ1) is 9.20. The molecule has 1 aromatic rings. The zero-order valence-corrected chi connectivity index (χ0v) is 12.3. The van der Waals surface area contributed by atoms with Crippen molar-refractivity contribution in [1.29, 1.82) is 0 Å². The topological polar surface area (TPSA) is 54.0 Å². The maximum atomic E-state index is 5.82. The number of nitrogens with zero attached hydrogens (tertiary/aromatic N) is 3. The predicted octanol–water partition coefficient (Wildman–Crippen LogP) is 3.27. The smallest absolute Gasteiger partial charge is 0.219 e. The van der Waals surface area contributed by atoms with E-state index in [1.807, 2.05) is 18.5 Å². The highest BCUT2D eigenvalue weighted by molar-refractivity contribution is 9.10. The second-order valence-electron chi connectivity index (χ2n) is 5.10. The van der Waals surface area contributed by atoms with E-state index in [-0.39, 0.29) is 5.66 Å². The Balaban J connectivity index is 1.98. The van der Waals surface area contributed by atoms with Crippen LogP contribution in [0.2, 0.25) is 0 Å². The van der Waals surface area contributed by atoms with Crippen molar-refractivity contribution in [3.63, 3.8) is 0 Å². The molecule has 19 heavy (non-hydrogen) atoms. The number of rotatable bonds is 1. The van der Waals surface area contributed by atoms with E-state index in [1.165, 1.54) is 19.3 Å².